The summed E-state index contributed by atoms with van der Waals surface area (Å²) in [5, 5.41) is 2.53. The maximum atomic E-state index is 12.2. The standard InChI is InChI=1S/C17H26N2O10/c1-8(20)25-7-12-14(26-9(2)21)15(27-10(3)22)13(18-17(24)19(5)6)16(29-12)28-11(4)23/h12-16H,7H2,1-6H3,(H,18,24). The largest absolute Gasteiger partial charge is 0.463 e. The molecule has 5 atom stereocenters. The molecule has 1 heterocycles. The second kappa shape index (κ2) is 10.6. The van der Waals surface area contributed by atoms with E-state index in [1.165, 1.54) is 19.0 Å². The summed E-state index contributed by atoms with van der Waals surface area (Å²) in [6, 6.07) is -1.82. The smallest absolute Gasteiger partial charge is 0.317 e. The molecule has 0 aromatic heterocycles. The van der Waals surface area contributed by atoms with Crippen molar-refractivity contribution in [3.8, 4) is 0 Å². The second-order valence-electron chi connectivity index (χ2n) is 6.47. The lowest BCUT2D eigenvalue weighted by molar-refractivity contribution is -0.270. The Labute approximate surface area is 167 Å². The number of ether oxygens (including phenoxy) is 5. The highest BCUT2D eigenvalue weighted by Crippen LogP contribution is 2.28. The molecule has 0 bridgehead atoms. The van der Waals surface area contributed by atoms with Crippen LogP contribution in [-0.4, -0.2) is 86.2 Å². The van der Waals surface area contributed by atoms with Gasteiger partial charge in [0, 0.05) is 41.8 Å². The molecule has 1 aliphatic heterocycles. The molecule has 12 heteroatoms. The molecular formula is C17H26N2O10. The maximum Gasteiger partial charge on any atom is 0.317 e. The molecule has 1 N–H and O–H groups in total. The number of hydrogen-bond acceptors (Lipinski definition) is 10. The fourth-order valence-corrected chi connectivity index (χ4v) is 2.59. The summed E-state index contributed by atoms with van der Waals surface area (Å²) in [5.41, 5.74) is 0. The summed E-state index contributed by atoms with van der Waals surface area (Å²) in [5.74, 6) is -2.85. The van der Waals surface area contributed by atoms with Crippen molar-refractivity contribution in [1.29, 1.82) is 0 Å². The van der Waals surface area contributed by atoms with Gasteiger partial charge in [-0.3, -0.25) is 19.2 Å². The molecule has 12 nitrogen and oxygen atoms in total. The Kier molecular flexibility index (Phi) is 8.83. The van der Waals surface area contributed by atoms with E-state index < -0.39 is 60.6 Å². The molecule has 1 aliphatic rings. The van der Waals surface area contributed by atoms with E-state index in [1.54, 1.807) is 0 Å². The number of rotatable bonds is 6. The van der Waals surface area contributed by atoms with Crippen molar-refractivity contribution >= 4 is 29.9 Å². The van der Waals surface area contributed by atoms with Gasteiger partial charge in [-0.2, -0.15) is 0 Å². The van der Waals surface area contributed by atoms with Crippen LogP contribution in [0.4, 0.5) is 4.79 Å². The average Bonchev–Trinajstić information content (AvgIpc) is 2.56. The number of nitrogens with one attached hydrogen (secondary N) is 1. The highest BCUT2D eigenvalue weighted by Gasteiger charge is 2.52. The minimum atomic E-state index is -1.41. The molecule has 0 spiro atoms. The van der Waals surface area contributed by atoms with Crippen LogP contribution in [0, 0.1) is 0 Å². The van der Waals surface area contributed by atoms with Crippen LogP contribution in [0.15, 0.2) is 0 Å². The number of urea groups is 1. The van der Waals surface area contributed by atoms with E-state index in [0.717, 1.165) is 27.7 Å². The van der Waals surface area contributed by atoms with Gasteiger partial charge in [0.1, 0.15) is 18.8 Å². The van der Waals surface area contributed by atoms with E-state index in [2.05, 4.69) is 5.32 Å². The Morgan fingerprint density at radius 1 is 0.828 bits per heavy atom. The lowest BCUT2D eigenvalue weighted by Gasteiger charge is -2.44. The molecule has 0 aromatic carbocycles. The van der Waals surface area contributed by atoms with E-state index in [1.807, 2.05) is 0 Å². The molecule has 2 amide bonds. The topological polar surface area (TPSA) is 147 Å². The Balaban J connectivity index is 3.34. The summed E-state index contributed by atoms with van der Waals surface area (Å²) in [7, 11) is 2.93. The Morgan fingerprint density at radius 3 is 1.79 bits per heavy atom. The maximum absolute atomic E-state index is 12.2. The Bertz CT molecular complexity index is 650. The molecule has 0 radical (unpaired) electrons. The zero-order valence-corrected chi connectivity index (χ0v) is 17.1. The van der Waals surface area contributed by atoms with Crippen LogP contribution in [0.1, 0.15) is 27.7 Å². The van der Waals surface area contributed by atoms with Crippen molar-refractivity contribution in [3.05, 3.63) is 0 Å². The van der Waals surface area contributed by atoms with Crippen molar-refractivity contribution < 1.29 is 47.7 Å². The molecule has 29 heavy (non-hydrogen) atoms. The predicted molar refractivity (Wildman–Crippen MR) is 94.2 cm³/mol. The third kappa shape index (κ3) is 7.56. The van der Waals surface area contributed by atoms with Crippen LogP contribution in [0.25, 0.3) is 0 Å². The van der Waals surface area contributed by atoms with E-state index in [0.29, 0.717) is 0 Å². The fourth-order valence-electron chi connectivity index (χ4n) is 2.59. The highest BCUT2D eigenvalue weighted by atomic mass is 16.7. The van der Waals surface area contributed by atoms with E-state index in [4.69, 9.17) is 23.7 Å². The Morgan fingerprint density at radius 2 is 1.34 bits per heavy atom. The first-order chi connectivity index (χ1) is 13.4. The number of carbonyl (C=O) groups is 5. The molecular weight excluding hydrogens is 392 g/mol. The van der Waals surface area contributed by atoms with Crippen molar-refractivity contribution in [1.82, 2.24) is 10.2 Å². The summed E-state index contributed by atoms with van der Waals surface area (Å²) in [4.78, 5) is 59.4. The van der Waals surface area contributed by atoms with Gasteiger partial charge >= 0.3 is 29.9 Å². The van der Waals surface area contributed by atoms with Crippen LogP contribution < -0.4 is 5.32 Å². The van der Waals surface area contributed by atoms with Crippen molar-refractivity contribution in [2.24, 2.45) is 0 Å². The van der Waals surface area contributed by atoms with E-state index in [9.17, 15) is 24.0 Å². The van der Waals surface area contributed by atoms with E-state index >= 15 is 0 Å². The minimum Gasteiger partial charge on any atom is -0.463 e. The summed E-state index contributed by atoms with van der Waals surface area (Å²) < 4.78 is 26.2. The number of hydrogen-bond donors (Lipinski definition) is 1. The quantitative estimate of drug-likeness (QED) is 0.435. The number of carbonyl (C=O) groups excluding carboxylic acids is 5. The zero-order valence-electron chi connectivity index (χ0n) is 17.1. The summed E-state index contributed by atoms with van der Waals surface area (Å²) >= 11 is 0. The van der Waals surface area contributed by atoms with Crippen LogP contribution in [0.3, 0.4) is 0 Å². The first kappa shape index (κ1) is 24.1. The summed E-state index contributed by atoms with van der Waals surface area (Å²) in [6.07, 6.45) is -5.09. The van der Waals surface area contributed by atoms with Gasteiger partial charge in [-0.1, -0.05) is 0 Å². The molecule has 1 rings (SSSR count). The third-order valence-electron chi connectivity index (χ3n) is 3.68. The number of esters is 4. The number of nitrogens with zero attached hydrogens (tertiary/aromatic N) is 1. The van der Waals surface area contributed by atoms with Gasteiger partial charge in [-0.15, -0.1) is 0 Å². The highest BCUT2D eigenvalue weighted by molar-refractivity contribution is 5.74. The van der Waals surface area contributed by atoms with Crippen LogP contribution in [-0.2, 0) is 42.9 Å². The average molecular weight is 418 g/mol. The van der Waals surface area contributed by atoms with Gasteiger partial charge in [0.05, 0.1) is 0 Å². The summed E-state index contributed by atoms with van der Waals surface area (Å²) in [6.45, 7) is 4.15. The lowest BCUT2D eigenvalue weighted by Crippen LogP contribution is -2.67. The van der Waals surface area contributed by atoms with Crippen molar-refractivity contribution in [2.45, 2.75) is 58.3 Å². The van der Waals surface area contributed by atoms with Gasteiger partial charge in [0.15, 0.2) is 12.2 Å². The zero-order chi connectivity index (χ0) is 22.3. The molecule has 0 saturated carbocycles. The molecule has 5 unspecified atom stereocenters. The van der Waals surface area contributed by atoms with Gasteiger partial charge in [-0.05, 0) is 0 Å². The Hall–Kier alpha value is -2.89. The van der Waals surface area contributed by atoms with Gasteiger partial charge in [0.2, 0.25) is 6.29 Å². The molecule has 0 aromatic rings. The van der Waals surface area contributed by atoms with E-state index in [-0.39, 0.29) is 6.61 Å². The van der Waals surface area contributed by atoms with Gasteiger partial charge in [-0.25, -0.2) is 4.79 Å². The SMILES string of the molecule is CC(=O)OCC1OC(OC(C)=O)C(NC(=O)N(C)C)C(OC(C)=O)C1OC(C)=O. The van der Waals surface area contributed by atoms with Crippen molar-refractivity contribution in [2.75, 3.05) is 20.7 Å². The van der Waals surface area contributed by atoms with Crippen LogP contribution in [0.2, 0.25) is 0 Å². The molecule has 164 valence electrons. The van der Waals surface area contributed by atoms with Gasteiger partial charge < -0.3 is 33.9 Å². The third-order valence-corrected chi connectivity index (χ3v) is 3.68. The lowest BCUT2D eigenvalue weighted by atomic mass is 9.96. The number of amides is 2. The molecule has 1 fully saturated rings. The minimum absolute atomic E-state index is 0.378. The van der Waals surface area contributed by atoms with Gasteiger partial charge in [0.25, 0.3) is 0 Å². The monoisotopic (exact) mass is 418 g/mol. The molecule has 1 saturated heterocycles. The normalized spacial score (nSPS) is 25.9. The molecule has 0 aliphatic carbocycles. The van der Waals surface area contributed by atoms with Crippen LogP contribution >= 0.6 is 0 Å². The van der Waals surface area contributed by atoms with Crippen molar-refractivity contribution in [3.63, 3.8) is 0 Å². The fraction of sp³-hybridized carbons (Fsp3) is 0.706. The van der Waals surface area contributed by atoms with Crippen LogP contribution in [0.5, 0.6) is 0 Å². The first-order valence-corrected chi connectivity index (χ1v) is 8.70. The second-order valence-corrected chi connectivity index (χ2v) is 6.47. The first-order valence-electron chi connectivity index (χ1n) is 8.70. The predicted octanol–water partition coefficient (Wildman–Crippen LogP) is -0.659.